The van der Waals surface area contributed by atoms with Gasteiger partial charge in [-0.3, -0.25) is 19.2 Å². The van der Waals surface area contributed by atoms with Crippen LogP contribution in [0, 0.1) is 39.9 Å². The fourth-order valence-corrected chi connectivity index (χ4v) is 6.73. The lowest BCUT2D eigenvalue weighted by Crippen LogP contribution is -2.72. The molecule has 2 N–H and O–H groups in total. The van der Waals surface area contributed by atoms with Gasteiger partial charge < -0.3 is 10.2 Å². The Labute approximate surface area is 233 Å². The molecule has 6 heteroatoms. The van der Waals surface area contributed by atoms with Crippen molar-refractivity contribution in [3.63, 3.8) is 0 Å². The minimum atomic E-state index is -2.57. The SMILES string of the molecule is CC(C)CCC1=C(O)C2(CCC(C)C)C(=O)C(C(=O)c3cccc(O)c3)(C1=O)C(=O)C(CCC(C)C)C2(C)C. The van der Waals surface area contributed by atoms with Gasteiger partial charge in [0.25, 0.3) is 0 Å². The van der Waals surface area contributed by atoms with Crippen LogP contribution < -0.4 is 0 Å². The van der Waals surface area contributed by atoms with Crippen molar-refractivity contribution in [3.05, 3.63) is 41.2 Å². The minimum absolute atomic E-state index is 0.0318. The molecule has 1 saturated carbocycles. The summed E-state index contributed by atoms with van der Waals surface area (Å²) in [6, 6.07) is 5.48. The molecular formula is C33H46O6. The summed E-state index contributed by atoms with van der Waals surface area (Å²) in [6.07, 6.45) is 2.61. The van der Waals surface area contributed by atoms with Crippen molar-refractivity contribution in [1.29, 1.82) is 0 Å². The fourth-order valence-electron chi connectivity index (χ4n) is 6.73. The highest BCUT2D eigenvalue weighted by Crippen LogP contribution is 2.65. The fraction of sp³-hybridized carbons (Fsp3) is 0.636. The Bertz CT molecular complexity index is 1190. The zero-order chi connectivity index (χ0) is 29.5. The first-order valence-electron chi connectivity index (χ1n) is 14.5. The van der Waals surface area contributed by atoms with E-state index in [9.17, 15) is 29.4 Å². The highest BCUT2D eigenvalue weighted by atomic mass is 16.3. The van der Waals surface area contributed by atoms with Gasteiger partial charge in [0.05, 0.1) is 5.41 Å². The Kier molecular flexibility index (Phi) is 8.69. The van der Waals surface area contributed by atoms with E-state index in [4.69, 9.17) is 0 Å². The number of fused-ring (bicyclic) bond motifs is 2. The van der Waals surface area contributed by atoms with E-state index >= 15 is 0 Å². The second-order valence-corrected chi connectivity index (χ2v) is 13.5. The predicted molar refractivity (Wildman–Crippen MR) is 151 cm³/mol. The van der Waals surface area contributed by atoms with Crippen LogP contribution in [0.4, 0.5) is 0 Å². The number of phenolic OH excluding ortho intramolecular Hbond substituents is 1. The maximum Gasteiger partial charge on any atom is 0.213 e. The van der Waals surface area contributed by atoms with Gasteiger partial charge >= 0.3 is 0 Å². The maximum atomic E-state index is 14.9. The number of phenols is 1. The number of rotatable bonds is 11. The lowest BCUT2D eigenvalue weighted by molar-refractivity contribution is -0.173. The van der Waals surface area contributed by atoms with Gasteiger partial charge in [0.1, 0.15) is 11.5 Å². The predicted octanol–water partition coefficient (Wildman–Crippen LogP) is 7.05. The van der Waals surface area contributed by atoms with E-state index in [1.807, 2.05) is 55.4 Å². The molecule has 0 amide bonds. The van der Waals surface area contributed by atoms with Crippen molar-refractivity contribution in [2.24, 2.45) is 39.9 Å². The van der Waals surface area contributed by atoms with Crippen LogP contribution in [0.15, 0.2) is 35.6 Å². The molecule has 2 aliphatic rings. The standard InChI is InChI=1S/C33H46O6/c1-19(2)12-14-24-27(36)32(17-16-21(5)6)30(39)33(28(24)37,26(35)22-10-9-11-23(34)18-22)29(38)25(31(32,7)8)15-13-20(3)4/h9-11,18-21,25,34,36H,12-17H2,1-8H3. The molecule has 1 fully saturated rings. The van der Waals surface area contributed by atoms with Crippen LogP contribution in [0.25, 0.3) is 0 Å². The molecule has 0 radical (unpaired) electrons. The van der Waals surface area contributed by atoms with Crippen LogP contribution in [-0.4, -0.2) is 33.3 Å². The van der Waals surface area contributed by atoms with Crippen LogP contribution in [0.3, 0.4) is 0 Å². The van der Waals surface area contributed by atoms with E-state index < -0.39 is 45.3 Å². The lowest BCUT2D eigenvalue weighted by Gasteiger charge is -2.59. The molecule has 1 aromatic carbocycles. The lowest BCUT2D eigenvalue weighted by atomic mass is 9.39. The Morgan fingerprint density at radius 1 is 0.897 bits per heavy atom. The number of aromatic hydroxyl groups is 1. The summed E-state index contributed by atoms with van der Waals surface area (Å²) in [6.45, 7) is 15.8. The molecule has 214 valence electrons. The summed E-state index contributed by atoms with van der Waals surface area (Å²) in [5.41, 5.74) is -5.18. The molecule has 3 unspecified atom stereocenters. The van der Waals surface area contributed by atoms with Crippen LogP contribution in [0.2, 0.25) is 0 Å². The van der Waals surface area contributed by atoms with E-state index in [1.165, 1.54) is 24.3 Å². The normalized spacial score (nSPS) is 26.7. The second kappa shape index (κ2) is 11.0. The number of benzene rings is 1. The van der Waals surface area contributed by atoms with Crippen LogP contribution in [0.5, 0.6) is 5.75 Å². The average molecular weight is 539 g/mol. The third-order valence-corrected chi connectivity index (χ3v) is 9.24. The molecular weight excluding hydrogens is 492 g/mol. The van der Waals surface area contributed by atoms with E-state index in [0.717, 1.165) is 0 Å². The molecule has 39 heavy (non-hydrogen) atoms. The summed E-state index contributed by atoms with van der Waals surface area (Å²) in [5, 5.41) is 22.1. The first-order chi connectivity index (χ1) is 18.1. The molecule has 0 aromatic heterocycles. The Hall–Kier alpha value is -2.76. The van der Waals surface area contributed by atoms with Gasteiger partial charge in [-0.25, -0.2) is 0 Å². The van der Waals surface area contributed by atoms with Crippen molar-refractivity contribution in [2.45, 2.75) is 93.9 Å². The van der Waals surface area contributed by atoms with Gasteiger partial charge in [-0.2, -0.15) is 0 Å². The van der Waals surface area contributed by atoms with Gasteiger partial charge in [-0.05, 0) is 67.4 Å². The van der Waals surface area contributed by atoms with Crippen molar-refractivity contribution in [3.8, 4) is 5.75 Å². The van der Waals surface area contributed by atoms with Crippen molar-refractivity contribution < 1.29 is 29.4 Å². The molecule has 0 saturated heterocycles. The molecule has 2 aliphatic carbocycles. The molecule has 1 aromatic rings. The topological polar surface area (TPSA) is 109 Å². The van der Waals surface area contributed by atoms with Gasteiger partial charge in [-0.1, -0.05) is 73.9 Å². The van der Waals surface area contributed by atoms with Gasteiger partial charge in [0, 0.05) is 17.1 Å². The van der Waals surface area contributed by atoms with Crippen molar-refractivity contribution >= 4 is 23.1 Å². The van der Waals surface area contributed by atoms with E-state index in [-0.39, 0.29) is 53.2 Å². The molecule has 0 heterocycles. The number of hydrogen-bond acceptors (Lipinski definition) is 6. The third kappa shape index (κ3) is 4.78. The van der Waals surface area contributed by atoms with E-state index in [2.05, 4.69) is 0 Å². The Morgan fingerprint density at radius 3 is 2.03 bits per heavy atom. The molecule has 6 nitrogen and oxygen atoms in total. The summed E-state index contributed by atoms with van der Waals surface area (Å²) in [7, 11) is 0. The van der Waals surface area contributed by atoms with E-state index in [1.54, 1.807) is 0 Å². The summed E-state index contributed by atoms with van der Waals surface area (Å²) in [5.74, 6) is -3.82. The minimum Gasteiger partial charge on any atom is -0.511 e. The molecule has 0 spiro atoms. The molecule has 2 bridgehead atoms. The number of aliphatic hydroxyl groups excluding tert-OH is 1. The number of hydrogen-bond donors (Lipinski definition) is 2. The molecule has 3 atom stereocenters. The summed E-state index contributed by atoms with van der Waals surface area (Å²) >= 11 is 0. The quantitative estimate of drug-likeness (QED) is 0.231. The largest absolute Gasteiger partial charge is 0.511 e. The third-order valence-electron chi connectivity index (χ3n) is 9.24. The monoisotopic (exact) mass is 538 g/mol. The van der Waals surface area contributed by atoms with Crippen LogP contribution >= 0.6 is 0 Å². The number of carbonyl (C=O) groups excluding carboxylic acids is 4. The van der Waals surface area contributed by atoms with Crippen molar-refractivity contribution in [2.75, 3.05) is 0 Å². The second-order valence-electron chi connectivity index (χ2n) is 13.5. The highest BCUT2D eigenvalue weighted by Gasteiger charge is 2.77. The summed E-state index contributed by atoms with van der Waals surface area (Å²) < 4.78 is 0. The molecule has 0 aliphatic heterocycles. The van der Waals surface area contributed by atoms with Gasteiger partial charge in [0.2, 0.25) is 5.41 Å². The summed E-state index contributed by atoms with van der Waals surface area (Å²) in [4.78, 5) is 58.3. The average Bonchev–Trinajstić information content (AvgIpc) is 2.83. The number of ketones is 4. The number of aliphatic hydroxyl groups is 1. The van der Waals surface area contributed by atoms with Gasteiger partial charge in [0.15, 0.2) is 23.1 Å². The Balaban J connectivity index is 2.44. The zero-order valence-electron chi connectivity index (χ0n) is 24.9. The maximum absolute atomic E-state index is 14.9. The zero-order valence-corrected chi connectivity index (χ0v) is 24.9. The smallest absolute Gasteiger partial charge is 0.213 e. The Morgan fingerprint density at radius 2 is 1.49 bits per heavy atom. The molecule has 3 rings (SSSR count). The van der Waals surface area contributed by atoms with Crippen molar-refractivity contribution in [1.82, 2.24) is 0 Å². The van der Waals surface area contributed by atoms with Crippen LogP contribution in [0.1, 0.15) is 104 Å². The van der Waals surface area contributed by atoms with Gasteiger partial charge in [-0.15, -0.1) is 0 Å². The van der Waals surface area contributed by atoms with Crippen LogP contribution in [-0.2, 0) is 14.4 Å². The van der Waals surface area contributed by atoms with E-state index in [0.29, 0.717) is 25.7 Å². The first kappa shape index (κ1) is 30.8. The number of Topliss-reactive ketones (excluding diaryl/α,β-unsaturated/α-hetero) is 4. The highest BCUT2D eigenvalue weighted by molar-refractivity contribution is 6.47. The number of allylic oxidation sites excluding steroid dienone is 2. The number of carbonyl (C=O) groups is 4. The first-order valence-corrected chi connectivity index (χ1v) is 14.5.